The predicted octanol–water partition coefficient (Wildman–Crippen LogP) is 5.31. The Morgan fingerprint density at radius 2 is 1.90 bits per heavy atom. The van der Waals surface area contributed by atoms with Crippen LogP contribution in [0.1, 0.15) is 19.4 Å². The highest BCUT2D eigenvalue weighted by Gasteiger charge is 2.37. The summed E-state index contributed by atoms with van der Waals surface area (Å²) in [5.41, 5.74) is -2.43. The summed E-state index contributed by atoms with van der Waals surface area (Å²) in [7, 11) is -3.63. The van der Waals surface area contributed by atoms with E-state index in [1.54, 1.807) is 13.8 Å². The summed E-state index contributed by atoms with van der Waals surface area (Å²) in [5.74, 6) is 0. The van der Waals surface area contributed by atoms with Gasteiger partial charge in [0, 0.05) is 24.0 Å². The van der Waals surface area contributed by atoms with Gasteiger partial charge in [-0.25, -0.2) is 0 Å². The number of nitro benzene ring substituents is 1. The Kier molecular flexibility index (Phi) is 7.34. The molecule has 0 bridgehead atoms. The number of hydrogen-bond donors (Lipinski definition) is 1. The van der Waals surface area contributed by atoms with Gasteiger partial charge >= 0.3 is 13.8 Å². The topological polar surface area (TPSA) is 104 Å². The van der Waals surface area contributed by atoms with Gasteiger partial charge in [-0.3, -0.25) is 19.7 Å². The first-order chi connectivity index (χ1) is 13.6. The van der Waals surface area contributed by atoms with E-state index in [2.05, 4.69) is 10.3 Å². The second-order valence-electron chi connectivity index (χ2n) is 5.69. The molecule has 12 heteroatoms. The maximum atomic E-state index is 13.5. The van der Waals surface area contributed by atoms with Crippen molar-refractivity contribution in [2.45, 2.75) is 20.0 Å². The minimum Gasteiger partial charge on any atom is -0.368 e. The van der Waals surface area contributed by atoms with Crippen LogP contribution in [0.4, 0.5) is 24.5 Å². The maximum Gasteiger partial charge on any atom is 0.417 e. The van der Waals surface area contributed by atoms with E-state index >= 15 is 0 Å². The van der Waals surface area contributed by atoms with Gasteiger partial charge in [0.2, 0.25) is 0 Å². The number of halogens is 3. The molecule has 0 atom stereocenters. The molecule has 0 amide bonds. The van der Waals surface area contributed by atoms with Gasteiger partial charge in [0.15, 0.2) is 0 Å². The molecule has 29 heavy (non-hydrogen) atoms. The monoisotopic (exact) mass is 433 g/mol. The van der Waals surface area contributed by atoms with Gasteiger partial charge in [-0.2, -0.15) is 13.2 Å². The lowest BCUT2D eigenvalue weighted by Gasteiger charge is -2.19. The van der Waals surface area contributed by atoms with Crippen molar-refractivity contribution in [1.29, 1.82) is 0 Å². The Balaban J connectivity index is 2.56. The predicted molar refractivity (Wildman–Crippen MR) is 101 cm³/mol. The van der Waals surface area contributed by atoms with Crippen LogP contribution in [-0.2, 0) is 19.8 Å². The number of benzene rings is 1. The molecule has 2 rings (SSSR count). The van der Waals surface area contributed by atoms with E-state index in [0.29, 0.717) is 6.07 Å². The highest BCUT2D eigenvalue weighted by molar-refractivity contribution is 7.53. The molecule has 1 aromatic heterocycles. The average Bonchev–Trinajstić information content (AvgIpc) is 2.66. The van der Waals surface area contributed by atoms with Crippen molar-refractivity contribution in [3.8, 4) is 11.1 Å². The molecule has 0 unspecified atom stereocenters. The highest BCUT2D eigenvalue weighted by Crippen LogP contribution is 2.49. The third kappa shape index (κ3) is 5.75. The fourth-order valence-corrected chi connectivity index (χ4v) is 3.99. The van der Waals surface area contributed by atoms with E-state index in [1.165, 1.54) is 24.5 Å². The Morgan fingerprint density at radius 3 is 2.38 bits per heavy atom. The first-order valence-electron chi connectivity index (χ1n) is 8.53. The molecule has 8 nitrogen and oxygen atoms in total. The van der Waals surface area contributed by atoms with E-state index < -0.39 is 36.2 Å². The van der Waals surface area contributed by atoms with Gasteiger partial charge in [-0.15, -0.1) is 0 Å². The Bertz CT molecular complexity index is 899. The van der Waals surface area contributed by atoms with Crippen molar-refractivity contribution in [3.63, 3.8) is 0 Å². The Hall–Kier alpha value is -2.49. The minimum absolute atomic E-state index is 0.0645. The summed E-state index contributed by atoms with van der Waals surface area (Å²) in [5, 5.41) is 13.9. The summed E-state index contributed by atoms with van der Waals surface area (Å²) in [4.78, 5) is 14.2. The largest absolute Gasteiger partial charge is 0.417 e. The fraction of sp³-hybridized carbons (Fsp3) is 0.353. The number of nitrogens with one attached hydrogen (secondary N) is 1. The second kappa shape index (κ2) is 9.34. The van der Waals surface area contributed by atoms with Crippen LogP contribution in [-0.4, -0.2) is 29.4 Å². The number of anilines is 1. The van der Waals surface area contributed by atoms with Crippen LogP contribution < -0.4 is 5.32 Å². The van der Waals surface area contributed by atoms with E-state index in [1.807, 2.05) is 0 Å². The first kappa shape index (κ1) is 22.8. The molecule has 0 radical (unpaired) electrons. The molecule has 0 aliphatic rings. The van der Waals surface area contributed by atoms with Gasteiger partial charge in [0.1, 0.15) is 12.0 Å². The smallest absolute Gasteiger partial charge is 0.368 e. The van der Waals surface area contributed by atoms with Crippen LogP contribution in [0.5, 0.6) is 0 Å². The standard InChI is InChI=1S/C17H19F3N3O5P/c1-3-27-29(26,28-4-2)11-22-15-8-13(12-6-5-7-21-10-12)14(17(18,19)20)9-16(15)23(24)25/h5-10,22H,3-4,11H2,1-2H3. The lowest BCUT2D eigenvalue weighted by atomic mass is 9.98. The summed E-state index contributed by atoms with van der Waals surface area (Å²) < 4.78 is 63.4. The number of pyridine rings is 1. The normalized spacial score (nSPS) is 12.0. The fourth-order valence-electron chi connectivity index (χ4n) is 2.58. The molecule has 0 aliphatic carbocycles. The summed E-state index contributed by atoms with van der Waals surface area (Å²) in [6, 6.07) is 4.28. The Morgan fingerprint density at radius 1 is 1.24 bits per heavy atom. The second-order valence-corrected chi connectivity index (χ2v) is 7.75. The third-order valence-electron chi connectivity index (χ3n) is 3.73. The van der Waals surface area contributed by atoms with Gasteiger partial charge in [0.05, 0.1) is 23.7 Å². The van der Waals surface area contributed by atoms with Crippen LogP contribution in [0.2, 0.25) is 0 Å². The van der Waals surface area contributed by atoms with Crippen LogP contribution >= 0.6 is 7.60 Å². The Labute approximate surface area is 164 Å². The molecule has 0 saturated heterocycles. The lowest BCUT2D eigenvalue weighted by Crippen LogP contribution is -2.12. The van der Waals surface area contributed by atoms with Crippen LogP contribution in [0, 0.1) is 10.1 Å². The molecule has 0 fully saturated rings. The number of rotatable bonds is 9. The molecule has 158 valence electrons. The number of alkyl halides is 3. The quantitative estimate of drug-likeness (QED) is 0.325. The molecular weight excluding hydrogens is 414 g/mol. The minimum atomic E-state index is -4.83. The molecule has 0 aliphatic heterocycles. The zero-order valence-electron chi connectivity index (χ0n) is 15.6. The number of nitrogens with zero attached hydrogens (tertiary/aromatic N) is 2. The molecule has 1 N–H and O–H groups in total. The third-order valence-corrected chi connectivity index (χ3v) is 5.57. The highest BCUT2D eigenvalue weighted by atomic mass is 31.2. The van der Waals surface area contributed by atoms with E-state index in [0.717, 1.165) is 6.07 Å². The number of hydrogen-bond acceptors (Lipinski definition) is 7. The van der Waals surface area contributed by atoms with E-state index in [-0.39, 0.29) is 30.0 Å². The molecule has 2 aromatic rings. The molecule has 0 saturated carbocycles. The van der Waals surface area contributed by atoms with Gasteiger partial charge in [-0.1, -0.05) is 6.07 Å². The zero-order chi connectivity index (χ0) is 21.7. The van der Waals surface area contributed by atoms with E-state index in [4.69, 9.17) is 9.05 Å². The maximum absolute atomic E-state index is 13.5. The van der Waals surface area contributed by atoms with Crippen molar-refractivity contribution in [2.24, 2.45) is 0 Å². The van der Waals surface area contributed by atoms with Gasteiger partial charge in [0.25, 0.3) is 5.69 Å². The zero-order valence-corrected chi connectivity index (χ0v) is 16.5. The van der Waals surface area contributed by atoms with Gasteiger partial charge in [-0.05, 0) is 31.5 Å². The number of aromatic nitrogens is 1. The van der Waals surface area contributed by atoms with Crippen molar-refractivity contribution in [3.05, 3.63) is 52.3 Å². The van der Waals surface area contributed by atoms with Crippen molar-refractivity contribution in [1.82, 2.24) is 4.98 Å². The summed E-state index contributed by atoms with van der Waals surface area (Å²) in [6.45, 7) is 3.31. The van der Waals surface area contributed by atoms with Crippen LogP contribution in [0.15, 0.2) is 36.7 Å². The van der Waals surface area contributed by atoms with Crippen LogP contribution in [0.3, 0.4) is 0 Å². The average molecular weight is 433 g/mol. The molecular formula is C17H19F3N3O5P. The molecule has 1 heterocycles. The summed E-state index contributed by atoms with van der Waals surface area (Å²) >= 11 is 0. The van der Waals surface area contributed by atoms with Crippen molar-refractivity contribution >= 4 is 19.0 Å². The van der Waals surface area contributed by atoms with Crippen LogP contribution in [0.25, 0.3) is 11.1 Å². The summed E-state index contributed by atoms with van der Waals surface area (Å²) in [6.07, 6.45) is -2.68. The SMILES string of the molecule is CCOP(=O)(CNc1cc(-c2cccnc2)c(C(F)(F)F)cc1[N+](=O)[O-])OCC. The number of nitro groups is 1. The molecule has 0 spiro atoms. The molecule has 1 aromatic carbocycles. The first-order valence-corrected chi connectivity index (χ1v) is 10.3. The van der Waals surface area contributed by atoms with Crippen molar-refractivity contribution < 1.29 is 31.7 Å². The van der Waals surface area contributed by atoms with E-state index in [9.17, 15) is 27.9 Å². The lowest BCUT2D eigenvalue weighted by molar-refractivity contribution is -0.384. The van der Waals surface area contributed by atoms with Gasteiger partial charge < -0.3 is 14.4 Å². The van der Waals surface area contributed by atoms with Crippen molar-refractivity contribution in [2.75, 3.05) is 24.8 Å².